The van der Waals surface area contributed by atoms with Gasteiger partial charge in [-0.25, -0.2) is 0 Å². The van der Waals surface area contributed by atoms with E-state index in [0.29, 0.717) is 18.6 Å². The summed E-state index contributed by atoms with van der Waals surface area (Å²) in [6.45, 7) is 2.32. The van der Waals surface area contributed by atoms with Crippen molar-refractivity contribution in [1.29, 1.82) is 0 Å². The van der Waals surface area contributed by atoms with Gasteiger partial charge < -0.3 is 4.74 Å². The van der Waals surface area contributed by atoms with Crippen LogP contribution < -0.4 is 0 Å². The van der Waals surface area contributed by atoms with Crippen LogP contribution in [0.4, 0.5) is 0 Å². The largest absolute Gasteiger partial charge is 0.465 e. The highest BCUT2D eigenvalue weighted by molar-refractivity contribution is 6.09. The van der Waals surface area contributed by atoms with Crippen LogP contribution in [0.1, 0.15) is 22.3 Å². The third-order valence-corrected chi connectivity index (χ3v) is 2.59. The number of ether oxygens (including phenoxy) is 1. The predicted octanol–water partition coefficient (Wildman–Crippen LogP) is 1.74. The Balaban J connectivity index is 2.20. The van der Waals surface area contributed by atoms with Crippen LogP contribution in [0.3, 0.4) is 0 Å². The molecule has 0 bridgehead atoms. The lowest BCUT2D eigenvalue weighted by Crippen LogP contribution is -2.19. The molecule has 3 nitrogen and oxygen atoms in total. The van der Waals surface area contributed by atoms with Crippen molar-refractivity contribution < 1.29 is 14.3 Å². The summed E-state index contributed by atoms with van der Waals surface area (Å²) in [4.78, 5) is 23.1. The number of hydrogen-bond acceptors (Lipinski definition) is 3. The fourth-order valence-electron chi connectivity index (χ4n) is 1.65. The summed E-state index contributed by atoms with van der Waals surface area (Å²) >= 11 is 0. The molecule has 0 radical (unpaired) electrons. The highest BCUT2D eigenvalue weighted by Gasteiger charge is 2.33. The third-order valence-electron chi connectivity index (χ3n) is 2.59. The molecule has 0 N–H and O–H groups in total. The van der Waals surface area contributed by atoms with E-state index in [9.17, 15) is 9.59 Å². The maximum absolute atomic E-state index is 11.9. The molecule has 0 aliphatic carbocycles. The minimum Gasteiger partial charge on any atom is -0.465 e. The minimum atomic E-state index is -0.590. The Morgan fingerprint density at radius 2 is 2.00 bits per heavy atom. The molecule has 78 valence electrons. The van der Waals surface area contributed by atoms with E-state index < -0.39 is 5.92 Å². The summed E-state index contributed by atoms with van der Waals surface area (Å²) in [6.07, 6.45) is 0.505. The number of cyclic esters (lactones) is 1. The SMILES string of the molecule is Cc1ccc(C(=O)C2CCOC2=O)cc1. The van der Waals surface area contributed by atoms with Gasteiger partial charge in [0.2, 0.25) is 0 Å². The minimum absolute atomic E-state index is 0.127. The van der Waals surface area contributed by atoms with Crippen LogP contribution in [0.5, 0.6) is 0 Å². The van der Waals surface area contributed by atoms with Crippen molar-refractivity contribution in [3.8, 4) is 0 Å². The molecule has 1 aliphatic rings. The Labute approximate surface area is 88.1 Å². The van der Waals surface area contributed by atoms with Crippen molar-refractivity contribution >= 4 is 11.8 Å². The highest BCUT2D eigenvalue weighted by Crippen LogP contribution is 2.19. The first-order valence-corrected chi connectivity index (χ1v) is 4.96. The van der Waals surface area contributed by atoms with E-state index in [2.05, 4.69) is 0 Å². The van der Waals surface area contributed by atoms with Gasteiger partial charge >= 0.3 is 5.97 Å². The van der Waals surface area contributed by atoms with Crippen molar-refractivity contribution in [2.24, 2.45) is 5.92 Å². The molecule has 1 fully saturated rings. The van der Waals surface area contributed by atoms with Crippen molar-refractivity contribution in [1.82, 2.24) is 0 Å². The highest BCUT2D eigenvalue weighted by atomic mass is 16.5. The second-order valence-corrected chi connectivity index (χ2v) is 3.74. The number of rotatable bonds is 2. The number of aryl methyl sites for hydroxylation is 1. The summed E-state index contributed by atoms with van der Waals surface area (Å²) in [5, 5.41) is 0. The molecule has 0 aromatic heterocycles. The summed E-state index contributed by atoms with van der Waals surface area (Å²) in [6, 6.07) is 7.24. The molecule has 1 atom stereocenters. The number of benzene rings is 1. The number of carbonyl (C=O) groups is 2. The van der Waals surface area contributed by atoms with Gasteiger partial charge in [-0.2, -0.15) is 0 Å². The predicted molar refractivity (Wildman–Crippen MR) is 54.6 cm³/mol. The summed E-state index contributed by atoms with van der Waals surface area (Å²) in [5.74, 6) is -1.11. The van der Waals surface area contributed by atoms with Gasteiger partial charge in [-0.05, 0) is 6.92 Å². The summed E-state index contributed by atoms with van der Waals surface area (Å²) in [7, 11) is 0. The quantitative estimate of drug-likeness (QED) is 0.418. The lowest BCUT2D eigenvalue weighted by molar-refractivity contribution is -0.140. The number of Topliss-reactive ketones (excluding diaryl/α,β-unsaturated/α-hetero) is 1. The van der Waals surface area contributed by atoms with Crippen LogP contribution in [-0.2, 0) is 9.53 Å². The lowest BCUT2D eigenvalue weighted by atomic mass is 9.96. The summed E-state index contributed by atoms with van der Waals surface area (Å²) in [5.41, 5.74) is 1.69. The Bertz CT molecular complexity index is 392. The molecule has 15 heavy (non-hydrogen) atoms. The first-order valence-electron chi connectivity index (χ1n) is 4.96. The molecule has 0 saturated carbocycles. The molecular weight excluding hydrogens is 192 g/mol. The van der Waals surface area contributed by atoms with Gasteiger partial charge in [-0.1, -0.05) is 29.8 Å². The third kappa shape index (κ3) is 1.91. The zero-order chi connectivity index (χ0) is 10.8. The Kier molecular flexibility index (Phi) is 2.54. The molecule has 1 aromatic carbocycles. The first kappa shape index (κ1) is 9.90. The molecule has 1 aliphatic heterocycles. The van der Waals surface area contributed by atoms with Crippen molar-refractivity contribution in [3.05, 3.63) is 35.4 Å². The van der Waals surface area contributed by atoms with E-state index >= 15 is 0 Å². The van der Waals surface area contributed by atoms with Crippen molar-refractivity contribution in [3.63, 3.8) is 0 Å². The van der Waals surface area contributed by atoms with Crippen molar-refractivity contribution in [2.75, 3.05) is 6.61 Å². The average Bonchev–Trinajstić information content (AvgIpc) is 2.65. The lowest BCUT2D eigenvalue weighted by Gasteiger charge is -2.04. The van der Waals surface area contributed by atoms with Gasteiger partial charge in [-0.15, -0.1) is 0 Å². The van der Waals surface area contributed by atoms with Gasteiger partial charge in [0.05, 0.1) is 6.61 Å². The van der Waals surface area contributed by atoms with Crippen LogP contribution in [0.2, 0.25) is 0 Å². The van der Waals surface area contributed by atoms with Gasteiger partial charge in [0.1, 0.15) is 5.92 Å². The molecule has 1 heterocycles. The Morgan fingerprint density at radius 1 is 1.33 bits per heavy atom. The topological polar surface area (TPSA) is 43.4 Å². The maximum Gasteiger partial charge on any atom is 0.316 e. The van der Waals surface area contributed by atoms with Gasteiger partial charge in [0.15, 0.2) is 5.78 Å². The second kappa shape index (κ2) is 3.85. The standard InChI is InChI=1S/C12H12O3/c1-8-2-4-9(5-3-8)11(13)10-6-7-15-12(10)14/h2-5,10H,6-7H2,1H3. The maximum atomic E-state index is 11.9. The normalized spacial score (nSPS) is 20.1. The van der Waals surface area contributed by atoms with Crippen LogP contribution in [-0.4, -0.2) is 18.4 Å². The first-order chi connectivity index (χ1) is 7.18. The second-order valence-electron chi connectivity index (χ2n) is 3.74. The van der Waals surface area contributed by atoms with E-state index in [4.69, 9.17) is 4.74 Å². The zero-order valence-corrected chi connectivity index (χ0v) is 8.53. The van der Waals surface area contributed by atoms with Crippen LogP contribution in [0.25, 0.3) is 0 Å². The summed E-state index contributed by atoms with van der Waals surface area (Å²) < 4.78 is 4.77. The van der Waals surface area contributed by atoms with Gasteiger partial charge in [-0.3, -0.25) is 9.59 Å². The monoisotopic (exact) mass is 204 g/mol. The van der Waals surface area contributed by atoms with Crippen LogP contribution in [0.15, 0.2) is 24.3 Å². The zero-order valence-electron chi connectivity index (χ0n) is 8.53. The van der Waals surface area contributed by atoms with E-state index in [1.807, 2.05) is 19.1 Å². The number of carbonyl (C=O) groups excluding carboxylic acids is 2. The smallest absolute Gasteiger partial charge is 0.316 e. The fraction of sp³-hybridized carbons (Fsp3) is 0.333. The molecule has 2 rings (SSSR count). The molecule has 0 amide bonds. The van der Waals surface area contributed by atoms with Crippen molar-refractivity contribution in [2.45, 2.75) is 13.3 Å². The fourth-order valence-corrected chi connectivity index (χ4v) is 1.65. The van der Waals surface area contributed by atoms with Gasteiger partial charge in [0.25, 0.3) is 0 Å². The number of hydrogen-bond donors (Lipinski definition) is 0. The average molecular weight is 204 g/mol. The van der Waals surface area contributed by atoms with Gasteiger partial charge in [0, 0.05) is 12.0 Å². The van der Waals surface area contributed by atoms with E-state index in [1.54, 1.807) is 12.1 Å². The Morgan fingerprint density at radius 3 is 2.53 bits per heavy atom. The molecule has 1 saturated heterocycles. The molecule has 1 unspecified atom stereocenters. The molecule has 0 spiro atoms. The van der Waals surface area contributed by atoms with E-state index in [0.717, 1.165) is 5.56 Å². The molecule has 1 aromatic rings. The van der Waals surface area contributed by atoms with Crippen LogP contribution >= 0.6 is 0 Å². The van der Waals surface area contributed by atoms with E-state index in [1.165, 1.54) is 0 Å². The number of esters is 1. The Hall–Kier alpha value is -1.64. The number of ketones is 1. The molecular formula is C12H12O3. The molecule has 3 heteroatoms. The van der Waals surface area contributed by atoms with Crippen LogP contribution in [0, 0.1) is 12.8 Å². The van der Waals surface area contributed by atoms with E-state index in [-0.39, 0.29) is 11.8 Å².